The predicted molar refractivity (Wildman–Crippen MR) is 76.4 cm³/mol. The molecule has 1 N–H and O–H groups in total. The van der Waals surface area contributed by atoms with Crippen LogP contribution in [0.3, 0.4) is 0 Å². The first-order chi connectivity index (χ1) is 8.49. The maximum Gasteiger partial charge on any atom is 0.222 e. The number of aryl methyl sites for hydroxylation is 1. The quantitative estimate of drug-likeness (QED) is 0.877. The summed E-state index contributed by atoms with van der Waals surface area (Å²) in [6, 6.07) is 8.01. The molecule has 0 bridgehead atoms. The second kappa shape index (κ2) is 7.54. The first-order valence-corrected chi connectivity index (χ1v) is 6.95. The van der Waals surface area contributed by atoms with E-state index in [0.29, 0.717) is 19.4 Å². The molecule has 1 unspecified atom stereocenters. The van der Waals surface area contributed by atoms with Crippen molar-refractivity contribution in [2.24, 2.45) is 0 Å². The van der Waals surface area contributed by atoms with Crippen molar-refractivity contribution >= 4 is 21.8 Å². The van der Waals surface area contributed by atoms with Gasteiger partial charge in [0.2, 0.25) is 5.91 Å². The number of benzene rings is 1. The number of carbonyl (C=O) groups is 1. The van der Waals surface area contributed by atoms with Crippen molar-refractivity contribution < 1.29 is 9.90 Å². The van der Waals surface area contributed by atoms with Crippen LogP contribution >= 0.6 is 15.9 Å². The lowest BCUT2D eigenvalue weighted by atomic mass is 10.1. The molecule has 1 aromatic carbocycles. The van der Waals surface area contributed by atoms with Crippen LogP contribution in [0, 0.1) is 0 Å². The normalized spacial score (nSPS) is 12.2. The highest BCUT2D eigenvalue weighted by atomic mass is 79.9. The van der Waals surface area contributed by atoms with Crippen LogP contribution < -0.4 is 0 Å². The molecule has 0 fully saturated rings. The molecule has 0 aromatic heterocycles. The molecule has 1 atom stereocenters. The van der Waals surface area contributed by atoms with E-state index in [4.69, 9.17) is 0 Å². The van der Waals surface area contributed by atoms with E-state index in [2.05, 4.69) is 15.9 Å². The van der Waals surface area contributed by atoms with Gasteiger partial charge in [-0.2, -0.15) is 0 Å². The number of aliphatic hydroxyl groups is 1. The Kier molecular flexibility index (Phi) is 6.36. The number of nitrogens with zero attached hydrogens (tertiary/aromatic N) is 1. The van der Waals surface area contributed by atoms with Crippen molar-refractivity contribution in [3.8, 4) is 0 Å². The number of aliphatic hydroxyl groups excluding tert-OH is 1. The van der Waals surface area contributed by atoms with E-state index >= 15 is 0 Å². The standard InChI is InChI=1S/C14H20BrNO2/c1-11(17)9-10-16(2)14(18)8-5-12-3-6-13(15)7-4-12/h3-4,6-7,11,17H,5,8-10H2,1-2H3. The highest BCUT2D eigenvalue weighted by molar-refractivity contribution is 9.10. The third-order valence-corrected chi connectivity index (χ3v) is 3.38. The predicted octanol–water partition coefficient (Wildman–Crippen LogP) is 2.61. The summed E-state index contributed by atoms with van der Waals surface area (Å²) in [7, 11) is 1.78. The molecule has 4 heteroatoms. The Morgan fingerprint density at radius 1 is 1.39 bits per heavy atom. The van der Waals surface area contributed by atoms with Gasteiger partial charge in [0.05, 0.1) is 6.10 Å². The zero-order chi connectivity index (χ0) is 13.5. The van der Waals surface area contributed by atoms with Crippen LogP contribution in [0.5, 0.6) is 0 Å². The van der Waals surface area contributed by atoms with Gasteiger partial charge in [0.1, 0.15) is 0 Å². The number of carbonyl (C=O) groups excluding carboxylic acids is 1. The Labute approximate surface area is 117 Å². The van der Waals surface area contributed by atoms with Crippen LogP contribution in [0.25, 0.3) is 0 Å². The Balaban J connectivity index is 2.34. The van der Waals surface area contributed by atoms with Gasteiger partial charge < -0.3 is 10.0 Å². The average molecular weight is 314 g/mol. The van der Waals surface area contributed by atoms with Gasteiger partial charge in [-0.05, 0) is 37.5 Å². The number of hydrogen-bond donors (Lipinski definition) is 1. The van der Waals surface area contributed by atoms with Crippen molar-refractivity contribution in [3.05, 3.63) is 34.3 Å². The molecule has 18 heavy (non-hydrogen) atoms. The van der Waals surface area contributed by atoms with E-state index in [1.165, 1.54) is 0 Å². The van der Waals surface area contributed by atoms with E-state index in [1.54, 1.807) is 18.9 Å². The largest absolute Gasteiger partial charge is 0.393 e. The molecule has 0 saturated heterocycles. The molecular formula is C14H20BrNO2. The lowest BCUT2D eigenvalue weighted by molar-refractivity contribution is -0.130. The maximum atomic E-state index is 11.8. The first kappa shape index (κ1) is 15.2. The summed E-state index contributed by atoms with van der Waals surface area (Å²) >= 11 is 3.38. The number of rotatable bonds is 6. The minimum absolute atomic E-state index is 0.124. The molecule has 3 nitrogen and oxygen atoms in total. The van der Waals surface area contributed by atoms with Crippen LogP contribution in [0.15, 0.2) is 28.7 Å². The Morgan fingerprint density at radius 3 is 2.56 bits per heavy atom. The highest BCUT2D eigenvalue weighted by Gasteiger charge is 2.09. The second-order valence-electron chi connectivity index (χ2n) is 4.58. The van der Waals surface area contributed by atoms with Gasteiger partial charge in [-0.25, -0.2) is 0 Å². The monoisotopic (exact) mass is 313 g/mol. The van der Waals surface area contributed by atoms with Gasteiger partial charge in [-0.15, -0.1) is 0 Å². The SMILES string of the molecule is CC(O)CCN(C)C(=O)CCc1ccc(Br)cc1. The van der Waals surface area contributed by atoms with Crippen molar-refractivity contribution in [3.63, 3.8) is 0 Å². The van der Waals surface area contributed by atoms with Crippen LogP contribution in [0.4, 0.5) is 0 Å². The molecule has 0 radical (unpaired) electrons. The summed E-state index contributed by atoms with van der Waals surface area (Å²) in [6.07, 6.45) is 1.54. The lowest BCUT2D eigenvalue weighted by Gasteiger charge is -2.18. The topological polar surface area (TPSA) is 40.5 Å². The summed E-state index contributed by atoms with van der Waals surface area (Å²) in [4.78, 5) is 13.5. The summed E-state index contributed by atoms with van der Waals surface area (Å²) in [5, 5.41) is 9.17. The van der Waals surface area contributed by atoms with E-state index < -0.39 is 0 Å². The Bertz CT molecular complexity index is 376. The van der Waals surface area contributed by atoms with Gasteiger partial charge in [0.15, 0.2) is 0 Å². The lowest BCUT2D eigenvalue weighted by Crippen LogP contribution is -2.29. The van der Waals surface area contributed by atoms with Gasteiger partial charge in [0.25, 0.3) is 0 Å². The van der Waals surface area contributed by atoms with Crippen LogP contribution in [-0.2, 0) is 11.2 Å². The first-order valence-electron chi connectivity index (χ1n) is 6.15. The molecule has 0 aliphatic heterocycles. The van der Waals surface area contributed by atoms with Crippen LogP contribution in [0.1, 0.15) is 25.3 Å². The van der Waals surface area contributed by atoms with Crippen LogP contribution in [-0.4, -0.2) is 35.6 Å². The molecule has 0 saturated carbocycles. The minimum atomic E-state index is -0.355. The smallest absolute Gasteiger partial charge is 0.222 e. The maximum absolute atomic E-state index is 11.8. The van der Waals surface area contributed by atoms with E-state index in [0.717, 1.165) is 16.5 Å². The van der Waals surface area contributed by atoms with Gasteiger partial charge in [-0.3, -0.25) is 4.79 Å². The Hall–Kier alpha value is -0.870. The molecule has 1 amide bonds. The van der Waals surface area contributed by atoms with E-state index in [9.17, 15) is 9.90 Å². The van der Waals surface area contributed by atoms with Crippen molar-refractivity contribution in [2.75, 3.05) is 13.6 Å². The molecule has 1 rings (SSSR count). The molecule has 0 heterocycles. The van der Waals surface area contributed by atoms with Gasteiger partial charge in [-0.1, -0.05) is 28.1 Å². The van der Waals surface area contributed by atoms with Gasteiger partial charge >= 0.3 is 0 Å². The number of amides is 1. The van der Waals surface area contributed by atoms with E-state index in [1.807, 2.05) is 24.3 Å². The van der Waals surface area contributed by atoms with Crippen molar-refractivity contribution in [1.29, 1.82) is 0 Å². The molecule has 0 spiro atoms. The minimum Gasteiger partial charge on any atom is -0.393 e. The van der Waals surface area contributed by atoms with E-state index in [-0.39, 0.29) is 12.0 Å². The number of halogens is 1. The zero-order valence-corrected chi connectivity index (χ0v) is 12.5. The third kappa shape index (κ3) is 5.65. The second-order valence-corrected chi connectivity index (χ2v) is 5.50. The fourth-order valence-corrected chi connectivity index (χ4v) is 1.86. The molecule has 0 aliphatic rings. The summed E-state index contributed by atoms with van der Waals surface area (Å²) in [5.74, 6) is 0.124. The molecular weight excluding hydrogens is 294 g/mol. The average Bonchev–Trinajstić information content (AvgIpc) is 2.34. The fourth-order valence-electron chi connectivity index (χ4n) is 1.60. The summed E-state index contributed by atoms with van der Waals surface area (Å²) in [6.45, 7) is 2.34. The molecule has 100 valence electrons. The summed E-state index contributed by atoms with van der Waals surface area (Å²) < 4.78 is 1.05. The zero-order valence-electron chi connectivity index (χ0n) is 10.9. The van der Waals surface area contributed by atoms with Crippen molar-refractivity contribution in [2.45, 2.75) is 32.3 Å². The van der Waals surface area contributed by atoms with Gasteiger partial charge in [0, 0.05) is 24.5 Å². The van der Waals surface area contributed by atoms with Crippen LogP contribution in [0.2, 0.25) is 0 Å². The third-order valence-electron chi connectivity index (χ3n) is 2.85. The molecule has 1 aromatic rings. The highest BCUT2D eigenvalue weighted by Crippen LogP contribution is 2.12. The van der Waals surface area contributed by atoms with Crippen molar-refractivity contribution in [1.82, 2.24) is 4.90 Å². The fraction of sp³-hybridized carbons (Fsp3) is 0.500. The molecule has 0 aliphatic carbocycles. The Morgan fingerprint density at radius 2 is 2.00 bits per heavy atom. The summed E-state index contributed by atoms with van der Waals surface area (Å²) in [5.41, 5.74) is 1.16. The number of hydrogen-bond acceptors (Lipinski definition) is 2.